The van der Waals surface area contributed by atoms with Gasteiger partial charge < -0.3 is 19.3 Å². The highest BCUT2D eigenvalue weighted by Gasteiger charge is 2.52. The Morgan fingerprint density at radius 1 is 1.62 bits per heavy atom. The normalized spacial score (nSPS) is 27.0. The number of hydrogen-bond donors (Lipinski definition) is 2. The molecule has 132 valence electrons. The number of aliphatic hydroxyl groups excluding tert-OH is 1. The molecule has 1 aromatic heterocycles. The van der Waals surface area contributed by atoms with Crippen molar-refractivity contribution in [2.45, 2.75) is 44.1 Å². The molecule has 0 unspecified atom stereocenters. The number of ether oxygens (including phenoxy) is 3. The fraction of sp³-hybridized carbons (Fsp3) is 0.692. The lowest BCUT2D eigenvalue weighted by atomic mass is 10.1. The quantitative estimate of drug-likeness (QED) is 0.327. The number of azide groups is 1. The maximum atomic E-state index is 11.9. The first-order chi connectivity index (χ1) is 11.3. The molecule has 0 bridgehead atoms. The first kappa shape index (κ1) is 18.2. The van der Waals surface area contributed by atoms with Crippen LogP contribution in [0.3, 0.4) is 0 Å². The Morgan fingerprint density at radius 2 is 2.33 bits per heavy atom. The van der Waals surface area contributed by atoms with Gasteiger partial charge in [0.15, 0.2) is 11.5 Å². The number of H-pyrrole nitrogens is 1. The molecule has 2 N–H and O–H groups in total. The van der Waals surface area contributed by atoms with Crippen LogP contribution < -0.4 is 11.2 Å². The molecule has 3 atom stereocenters. The van der Waals surface area contributed by atoms with Gasteiger partial charge in [0.25, 0.3) is 5.56 Å². The molecule has 2 rings (SSSR count). The minimum absolute atomic E-state index is 0.0956. The zero-order valence-electron chi connectivity index (χ0n) is 13.5. The van der Waals surface area contributed by atoms with Crippen molar-refractivity contribution < 1.29 is 19.3 Å². The molecule has 11 nitrogen and oxygen atoms in total. The molecule has 2 heterocycles. The van der Waals surface area contributed by atoms with Crippen molar-refractivity contribution in [2.24, 2.45) is 5.11 Å². The van der Waals surface area contributed by atoms with Crippen molar-refractivity contribution in [1.29, 1.82) is 0 Å². The highest BCUT2D eigenvalue weighted by atomic mass is 16.7. The zero-order chi connectivity index (χ0) is 18.0. The maximum absolute atomic E-state index is 11.9. The average Bonchev–Trinajstić information content (AvgIpc) is 2.86. The molecule has 1 fully saturated rings. The predicted molar refractivity (Wildman–Crippen MR) is 81.0 cm³/mol. The Morgan fingerprint density at radius 3 is 2.88 bits per heavy atom. The van der Waals surface area contributed by atoms with Gasteiger partial charge in [0, 0.05) is 30.7 Å². The van der Waals surface area contributed by atoms with Crippen molar-refractivity contribution >= 4 is 0 Å². The molecule has 0 spiro atoms. The standard InChI is InChI=1S/C13H19N5O6/c1-12(2,22-3)23-8-6-10(24-13(8,7-19)16-17-14)18-5-4-9(20)15-11(18)21/h4-5,8,10,19H,6-7H2,1-3H3,(H,15,20,21)/t8-,10+,13+/m0/s1. The van der Waals surface area contributed by atoms with Gasteiger partial charge in [-0.05, 0) is 19.4 Å². The molecule has 1 aliphatic heterocycles. The molecular formula is C13H19N5O6. The Labute approximate surface area is 136 Å². The maximum Gasteiger partial charge on any atom is 0.330 e. The summed E-state index contributed by atoms with van der Waals surface area (Å²) in [6.07, 6.45) is -0.423. The van der Waals surface area contributed by atoms with Gasteiger partial charge in [-0.1, -0.05) is 5.11 Å². The van der Waals surface area contributed by atoms with Crippen LogP contribution in [0.15, 0.2) is 27.0 Å². The predicted octanol–water partition coefficient (Wildman–Crippen LogP) is 0.222. The number of aromatic amines is 1. The van der Waals surface area contributed by atoms with Crippen LogP contribution in [-0.2, 0) is 14.2 Å². The monoisotopic (exact) mass is 341 g/mol. The summed E-state index contributed by atoms with van der Waals surface area (Å²) in [5, 5.41) is 13.2. The van der Waals surface area contributed by atoms with Gasteiger partial charge in [-0.3, -0.25) is 14.3 Å². The van der Waals surface area contributed by atoms with Crippen LogP contribution in [-0.4, -0.2) is 46.0 Å². The van der Waals surface area contributed by atoms with Gasteiger partial charge in [0.2, 0.25) is 0 Å². The number of aromatic nitrogens is 2. The Kier molecular flexibility index (Phi) is 5.11. The van der Waals surface area contributed by atoms with Crippen LogP contribution in [0.25, 0.3) is 10.4 Å². The number of nitrogens with zero attached hydrogens (tertiary/aromatic N) is 4. The van der Waals surface area contributed by atoms with Crippen molar-refractivity contribution in [2.75, 3.05) is 13.7 Å². The van der Waals surface area contributed by atoms with E-state index in [2.05, 4.69) is 15.0 Å². The molecule has 24 heavy (non-hydrogen) atoms. The lowest BCUT2D eigenvalue weighted by Crippen LogP contribution is -2.46. The lowest BCUT2D eigenvalue weighted by Gasteiger charge is -2.33. The molecule has 0 aliphatic carbocycles. The van der Waals surface area contributed by atoms with E-state index in [1.165, 1.54) is 13.3 Å². The third-order valence-electron chi connectivity index (χ3n) is 3.78. The summed E-state index contributed by atoms with van der Waals surface area (Å²) in [5.41, 5.74) is 5.85. The van der Waals surface area contributed by atoms with E-state index in [-0.39, 0.29) is 6.42 Å². The summed E-state index contributed by atoms with van der Waals surface area (Å²) >= 11 is 0. The Balaban J connectivity index is 2.40. The fourth-order valence-electron chi connectivity index (χ4n) is 2.42. The van der Waals surface area contributed by atoms with Gasteiger partial charge in [0.1, 0.15) is 12.3 Å². The van der Waals surface area contributed by atoms with E-state index in [1.807, 2.05) is 0 Å². The minimum Gasteiger partial charge on any atom is -0.393 e. The van der Waals surface area contributed by atoms with Crippen LogP contribution in [0, 0.1) is 0 Å². The second kappa shape index (κ2) is 6.75. The zero-order valence-corrected chi connectivity index (χ0v) is 13.5. The summed E-state index contributed by atoms with van der Waals surface area (Å²) < 4.78 is 17.7. The summed E-state index contributed by atoms with van der Waals surface area (Å²) in [7, 11) is 1.44. The molecule has 11 heteroatoms. The van der Waals surface area contributed by atoms with E-state index in [4.69, 9.17) is 19.7 Å². The van der Waals surface area contributed by atoms with Gasteiger partial charge in [-0.2, -0.15) is 0 Å². The third kappa shape index (κ3) is 3.50. The van der Waals surface area contributed by atoms with Crippen LogP contribution in [0.1, 0.15) is 26.5 Å². The number of hydrogen-bond acceptors (Lipinski definition) is 7. The van der Waals surface area contributed by atoms with Crippen molar-refractivity contribution in [3.05, 3.63) is 43.5 Å². The van der Waals surface area contributed by atoms with Gasteiger partial charge in [-0.15, -0.1) is 0 Å². The van der Waals surface area contributed by atoms with Gasteiger partial charge >= 0.3 is 5.69 Å². The third-order valence-corrected chi connectivity index (χ3v) is 3.78. The highest BCUT2D eigenvalue weighted by Crippen LogP contribution is 2.40. The summed E-state index contributed by atoms with van der Waals surface area (Å²) in [4.78, 5) is 27.9. The first-order valence-corrected chi connectivity index (χ1v) is 7.16. The van der Waals surface area contributed by atoms with E-state index >= 15 is 0 Å². The second-order valence-electron chi connectivity index (χ2n) is 5.73. The molecule has 0 saturated carbocycles. The second-order valence-corrected chi connectivity index (χ2v) is 5.73. The Hall–Kier alpha value is -2.17. The number of aliphatic hydroxyl groups is 1. The molecule has 1 aliphatic rings. The Bertz CT molecular complexity index is 752. The SMILES string of the molecule is COC(C)(C)O[C@H]1C[C@H](n2ccc(=O)[nH]c2=O)O[C@@]1(CO)N=[N+]=[N-]. The van der Waals surface area contributed by atoms with E-state index < -0.39 is 41.7 Å². The minimum atomic E-state index is -1.72. The van der Waals surface area contributed by atoms with Gasteiger partial charge in [-0.25, -0.2) is 4.79 Å². The van der Waals surface area contributed by atoms with Crippen molar-refractivity contribution in [3.63, 3.8) is 0 Å². The van der Waals surface area contributed by atoms with E-state index in [0.717, 1.165) is 10.6 Å². The van der Waals surface area contributed by atoms with Crippen molar-refractivity contribution in [1.82, 2.24) is 9.55 Å². The van der Waals surface area contributed by atoms with Crippen LogP contribution in [0.5, 0.6) is 0 Å². The molecule has 0 radical (unpaired) electrons. The fourth-order valence-corrected chi connectivity index (χ4v) is 2.42. The smallest absolute Gasteiger partial charge is 0.330 e. The van der Waals surface area contributed by atoms with Crippen LogP contribution >= 0.6 is 0 Å². The summed E-state index contributed by atoms with van der Waals surface area (Å²) in [6.45, 7) is 2.63. The topological polar surface area (TPSA) is 152 Å². The number of nitrogens with one attached hydrogen (secondary N) is 1. The van der Waals surface area contributed by atoms with Gasteiger partial charge in [0.05, 0.1) is 6.61 Å². The first-order valence-electron chi connectivity index (χ1n) is 7.16. The average molecular weight is 341 g/mol. The largest absolute Gasteiger partial charge is 0.393 e. The van der Waals surface area contributed by atoms with E-state index in [9.17, 15) is 14.7 Å². The molecular weight excluding hydrogens is 322 g/mol. The summed E-state index contributed by atoms with van der Waals surface area (Å²) in [5.74, 6) is -1.04. The van der Waals surface area contributed by atoms with E-state index in [1.54, 1.807) is 13.8 Å². The number of rotatable bonds is 6. The number of methoxy groups -OCH3 is 1. The van der Waals surface area contributed by atoms with Crippen molar-refractivity contribution in [3.8, 4) is 0 Å². The highest BCUT2D eigenvalue weighted by molar-refractivity contribution is 4.97. The van der Waals surface area contributed by atoms with Crippen LogP contribution in [0.2, 0.25) is 0 Å². The molecule has 0 amide bonds. The molecule has 0 aromatic carbocycles. The lowest BCUT2D eigenvalue weighted by molar-refractivity contribution is -0.250. The van der Waals surface area contributed by atoms with E-state index in [0.29, 0.717) is 0 Å². The summed E-state index contributed by atoms with van der Waals surface area (Å²) in [6, 6.07) is 1.16. The molecule has 1 saturated heterocycles. The van der Waals surface area contributed by atoms with Crippen LogP contribution in [0.4, 0.5) is 0 Å². The molecule has 1 aromatic rings.